The van der Waals surface area contributed by atoms with Crippen molar-refractivity contribution in [3.8, 4) is 0 Å². The minimum absolute atomic E-state index is 0.522. The van der Waals surface area contributed by atoms with Crippen molar-refractivity contribution < 1.29 is 0 Å². The maximum Gasteiger partial charge on any atom is 0.204 e. The number of aromatic nitrogens is 4. The molecule has 1 aliphatic heterocycles. The van der Waals surface area contributed by atoms with Crippen LogP contribution in [-0.4, -0.2) is 32.2 Å². The topological polar surface area (TPSA) is 46.3 Å². The van der Waals surface area contributed by atoms with Crippen molar-refractivity contribution in [2.45, 2.75) is 25.8 Å². The summed E-state index contributed by atoms with van der Waals surface area (Å²) in [4.78, 5) is 7.15. The zero-order valence-electron chi connectivity index (χ0n) is 10.8. The second-order valence-electron chi connectivity index (χ2n) is 5.13. The van der Waals surface area contributed by atoms with E-state index >= 15 is 0 Å². The van der Waals surface area contributed by atoms with Crippen molar-refractivity contribution >= 4 is 22.5 Å². The van der Waals surface area contributed by atoms with Crippen molar-refractivity contribution in [1.29, 1.82) is 0 Å². The molecule has 4 rings (SSSR count). The van der Waals surface area contributed by atoms with Crippen molar-refractivity contribution in [2.24, 2.45) is 0 Å². The monoisotopic (exact) mass is 253 g/mol. The SMILES string of the molecule is CC1CCCN1c1nc2ccccc2n2cnnc12. The first-order valence-corrected chi connectivity index (χ1v) is 6.70. The van der Waals surface area contributed by atoms with Crippen LogP contribution in [-0.2, 0) is 0 Å². The molecule has 0 N–H and O–H groups in total. The van der Waals surface area contributed by atoms with Crippen LogP contribution >= 0.6 is 0 Å². The van der Waals surface area contributed by atoms with Gasteiger partial charge in [-0.15, -0.1) is 10.2 Å². The zero-order valence-corrected chi connectivity index (χ0v) is 10.8. The molecule has 5 heteroatoms. The molecule has 0 radical (unpaired) electrons. The van der Waals surface area contributed by atoms with Crippen molar-refractivity contribution in [3.63, 3.8) is 0 Å². The number of para-hydroxylation sites is 2. The van der Waals surface area contributed by atoms with Gasteiger partial charge in [-0.1, -0.05) is 12.1 Å². The first-order valence-electron chi connectivity index (χ1n) is 6.70. The second-order valence-corrected chi connectivity index (χ2v) is 5.13. The lowest BCUT2D eigenvalue weighted by molar-refractivity contribution is 0.728. The smallest absolute Gasteiger partial charge is 0.204 e. The molecule has 19 heavy (non-hydrogen) atoms. The summed E-state index contributed by atoms with van der Waals surface area (Å²) in [6.07, 6.45) is 4.20. The Kier molecular flexibility index (Phi) is 2.21. The van der Waals surface area contributed by atoms with E-state index in [0.717, 1.165) is 29.0 Å². The predicted octanol–water partition coefficient (Wildman–Crippen LogP) is 2.27. The highest BCUT2D eigenvalue weighted by Gasteiger charge is 2.25. The number of nitrogens with zero attached hydrogens (tertiary/aromatic N) is 5. The molecule has 1 saturated heterocycles. The Balaban J connectivity index is 2.05. The van der Waals surface area contributed by atoms with E-state index in [-0.39, 0.29) is 0 Å². The van der Waals surface area contributed by atoms with Gasteiger partial charge in [-0.05, 0) is 31.9 Å². The largest absolute Gasteiger partial charge is 0.351 e. The van der Waals surface area contributed by atoms with Gasteiger partial charge in [-0.3, -0.25) is 4.40 Å². The highest BCUT2D eigenvalue weighted by molar-refractivity contribution is 5.83. The Morgan fingerprint density at radius 2 is 2.16 bits per heavy atom. The molecule has 0 aliphatic carbocycles. The molecule has 1 unspecified atom stereocenters. The molecule has 1 atom stereocenters. The maximum absolute atomic E-state index is 4.81. The second kappa shape index (κ2) is 3.91. The Hall–Kier alpha value is -2.17. The van der Waals surface area contributed by atoms with Crippen LogP contribution < -0.4 is 4.90 Å². The Morgan fingerprint density at radius 3 is 3.00 bits per heavy atom. The fourth-order valence-electron chi connectivity index (χ4n) is 2.93. The molecule has 3 heterocycles. The highest BCUT2D eigenvalue weighted by atomic mass is 15.3. The summed E-state index contributed by atoms with van der Waals surface area (Å²) < 4.78 is 2.03. The quantitative estimate of drug-likeness (QED) is 0.667. The number of fused-ring (bicyclic) bond motifs is 3. The Labute approximate surface area is 110 Å². The van der Waals surface area contributed by atoms with Crippen LogP contribution in [0.15, 0.2) is 30.6 Å². The van der Waals surface area contributed by atoms with E-state index < -0.39 is 0 Å². The van der Waals surface area contributed by atoms with Gasteiger partial charge in [0.05, 0.1) is 11.0 Å². The van der Waals surface area contributed by atoms with Gasteiger partial charge in [0.2, 0.25) is 5.65 Å². The summed E-state index contributed by atoms with van der Waals surface area (Å²) in [6, 6.07) is 8.65. The van der Waals surface area contributed by atoms with Gasteiger partial charge in [-0.25, -0.2) is 4.98 Å². The molecular formula is C14H15N5. The molecule has 0 spiro atoms. The van der Waals surface area contributed by atoms with E-state index in [9.17, 15) is 0 Å². The van der Waals surface area contributed by atoms with E-state index in [1.807, 2.05) is 22.6 Å². The van der Waals surface area contributed by atoms with Gasteiger partial charge in [0, 0.05) is 12.6 Å². The molecule has 0 amide bonds. The van der Waals surface area contributed by atoms with Crippen LogP contribution in [0.2, 0.25) is 0 Å². The van der Waals surface area contributed by atoms with Crippen LogP contribution in [0, 0.1) is 0 Å². The first-order chi connectivity index (χ1) is 9.34. The van der Waals surface area contributed by atoms with Crippen LogP contribution in [0.1, 0.15) is 19.8 Å². The molecule has 1 fully saturated rings. The number of anilines is 1. The molecule has 2 aromatic heterocycles. The summed E-state index contributed by atoms with van der Waals surface area (Å²) in [5, 5.41) is 8.31. The third-order valence-electron chi connectivity index (χ3n) is 3.94. The lowest BCUT2D eigenvalue weighted by Crippen LogP contribution is -2.28. The number of hydrogen-bond acceptors (Lipinski definition) is 4. The van der Waals surface area contributed by atoms with E-state index in [1.165, 1.54) is 12.8 Å². The fourth-order valence-corrected chi connectivity index (χ4v) is 2.93. The number of hydrogen-bond donors (Lipinski definition) is 0. The Morgan fingerprint density at radius 1 is 1.26 bits per heavy atom. The predicted molar refractivity (Wildman–Crippen MR) is 74.3 cm³/mol. The molecule has 0 bridgehead atoms. The van der Waals surface area contributed by atoms with Gasteiger partial charge >= 0.3 is 0 Å². The van der Waals surface area contributed by atoms with E-state index in [2.05, 4.69) is 28.1 Å². The summed E-state index contributed by atoms with van der Waals surface area (Å²) in [5.41, 5.74) is 2.90. The van der Waals surface area contributed by atoms with E-state index in [1.54, 1.807) is 6.33 Å². The van der Waals surface area contributed by atoms with Crippen molar-refractivity contribution in [1.82, 2.24) is 19.6 Å². The van der Waals surface area contributed by atoms with Crippen molar-refractivity contribution in [2.75, 3.05) is 11.4 Å². The fraction of sp³-hybridized carbons (Fsp3) is 0.357. The van der Waals surface area contributed by atoms with Crippen LogP contribution in [0.3, 0.4) is 0 Å². The van der Waals surface area contributed by atoms with Gasteiger partial charge in [0.15, 0.2) is 5.82 Å². The molecule has 1 aliphatic rings. The molecular weight excluding hydrogens is 238 g/mol. The van der Waals surface area contributed by atoms with Crippen molar-refractivity contribution in [3.05, 3.63) is 30.6 Å². The van der Waals surface area contributed by atoms with Gasteiger partial charge < -0.3 is 4.90 Å². The zero-order chi connectivity index (χ0) is 12.8. The summed E-state index contributed by atoms with van der Waals surface area (Å²) in [7, 11) is 0. The normalized spacial score (nSPS) is 19.6. The summed E-state index contributed by atoms with van der Waals surface area (Å²) in [5.74, 6) is 0.959. The molecule has 96 valence electrons. The lowest BCUT2D eigenvalue weighted by atomic mass is 10.2. The van der Waals surface area contributed by atoms with Crippen LogP contribution in [0.25, 0.3) is 16.7 Å². The first kappa shape index (κ1) is 10.7. The lowest BCUT2D eigenvalue weighted by Gasteiger charge is -2.23. The van der Waals surface area contributed by atoms with E-state index in [4.69, 9.17) is 4.98 Å². The number of benzene rings is 1. The van der Waals surface area contributed by atoms with Crippen LogP contribution in [0.4, 0.5) is 5.82 Å². The molecule has 0 saturated carbocycles. The summed E-state index contributed by atoms with van der Waals surface area (Å²) >= 11 is 0. The average Bonchev–Trinajstić information content (AvgIpc) is 3.06. The molecule has 3 aromatic rings. The van der Waals surface area contributed by atoms with Gasteiger partial charge in [0.25, 0.3) is 0 Å². The van der Waals surface area contributed by atoms with E-state index in [0.29, 0.717) is 6.04 Å². The average molecular weight is 253 g/mol. The summed E-state index contributed by atoms with van der Waals surface area (Å²) in [6.45, 7) is 3.30. The maximum atomic E-state index is 4.81. The third-order valence-corrected chi connectivity index (χ3v) is 3.94. The number of rotatable bonds is 1. The van der Waals surface area contributed by atoms with Gasteiger partial charge in [0.1, 0.15) is 6.33 Å². The van der Waals surface area contributed by atoms with Gasteiger partial charge in [-0.2, -0.15) is 0 Å². The minimum atomic E-state index is 0.522. The van der Waals surface area contributed by atoms with Crippen LogP contribution in [0.5, 0.6) is 0 Å². The third kappa shape index (κ3) is 1.51. The highest BCUT2D eigenvalue weighted by Crippen LogP contribution is 2.28. The molecule has 5 nitrogen and oxygen atoms in total. The minimum Gasteiger partial charge on any atom is -0.351 e. The molecule has 1 aromatic carbocycles. The standard InChI is InChI=1S/C14H15N5/c1-10-5-4-8-18(10)13-14-17-15-9-19(14)12-7-3-2-6-11(12)16-13/h2-3,6-7,9-10H,4-5,8H2,1H3. The Bertz CT molecular complexity index is 748.